The molecule has 0 fully saturated rings. The van der Waals surface area contributed by atoms with Gasteiger partial charge in [-0.05, 0) is 63.1 Å². The van der Waals surface area contributed by atoms with Crippen molar-refractivity contribution in [2.24, 2.45) is 10.9 Å². The van der Waals surface area contributed by atoms with Crippen molar-refractivity contribution in [3.05, 3.63) is 0 Å². The van der Waals surface area contributed by atoms with Crippen LogP contribution in [0.5, 0.6) is 0 Å². The average Bonchev–Trinajstić information content (AvgIpc) is 3.05. The summed E-state index contributed by atoms with van der Waals surface area (Å²) in [6.45, 7) is 7.95. The van der Waals surface area contributed by atoms with Crippen LogP contribution in [0.2, 0.25) is 0 Å². The topological polar surface area (TPSA) is 65.0 Å². The van der Waals surface area contributed by atoms with Crippen LogP contribution in [0, 0.1) is 5.92 Å². The highest BCUT2D eigenvalue weighted by Gasteiger charge is 2.10. The summed E-state index contributed by atoms with van der Waals surface area (Å²) >= 11 is 4.91. The predicted molar refractivity (Wildman–Crippen MR) is 200 cm³/mol. The molecule has 46 heavy (non-hydrogen) atoms. The summed E-state index contributed by atoms with van der Waals surface area (Å²) in [7, 11) is 0. The number of esters is 2. The molecule has 0 saturated heterocycles. The molecule has 0 aromatic rings. The van der Waals surface area contributed by atoms with Gasteiger partial charge in [0.25, 0.3) is 0 Å². The highest BCUT2D eigenvalue weighted by molar-refractivity contribution is 7.78. The van der Waals surface area contributed by atoms with Crippen LogP contribution in [0.4, 0.5) is 0 Å². The second-order valence-corrected chi connectivity index (χ2v) is 13.9. The van der Waals surface area contributed by atoms with Crippen molar-refractivity contribution in [3.8, 4) is 0 Å². The molecular formula is C40H75NO4S. The second kappa shape index (κ2) is 36.6. The first-order chi connectivity index (χ1) is 22.6. The molecule has 6 heteroatoms. The van der Waals surface area contributed by atoms with Crippen LogP contribution < -0.4 is 0 Å². The molecule has 0 saturated carbocycles. The normalized spacial score (nSPS) is 11.8. The molecule has 0 aliphatic rings. The Morgan fingerprint density at radius 3 is 1.35 bits per heavy atom. The Morgan fingerprint density at radius 1 is 0.500 bits per heavy atom. The van der Waals surface area contributed by atoms with Gasteiger partial charge in [-0.1, -0.05) is 156 Å². The van der Waals surface area contributed by atoms with Crippen molar-refractivity contribution in [1.29, 1.82) is 0 Å². The molecule has 0 aliphatic carbocycles. The van der Waals surface area contributed by atoms with Gasteiger partial charge in [0.05, 0.1) is 24.4 Å². The molecule has 270 valence electrons. The SMILES string of the molecule is CCCCCCCOC(=O)CCCCCCCCCC(CCCCCCCC(=O)OCCCCC(CCCC)CCCC)N=C=S. The number of thiocarbonyl (C=S) groups is 1. The van der Waals surface area contributed by atoms with Crippen molar-refractivity contribution in [1.82, 2.24) is 0 Å². The third-order valence-electron chi connectivity index (χ3n) is 9.28. The van der Waals surface area contributed by atoms with Crippen molar-refractivity contribution in [3.63, 3.8) is 0 Å². The van der Waals surface area contributed by atoms with Crippen molar-refractivity contribution < 1.29 is 19.1 Å². The van der Waals surface area contributed by atoms with Gasteiger partial charge in [0.2, 0.25) is 0 Å². The van der Waals surface area contributed by atoms with Crippen molar-refractivity contribution in [2.75, 3.05) is 13.2 Å². The minimum atomic E-state index is -0.0229. The van der Waals surface area contributed by atoms with E-state index in [4.69, 9.17) is 21.7 Å². The molecule has 0 heterocycles. The van der Waals surface area contributed by atoms with Gasteiger partial charge in [-0.25, -0.2) is 4.99 Å². The van der Waals surface area contributed by atoms with E-state index in [1.54, 1.807) is 0 Å². The first-order valence-corrected chi connectivity index (χ1v) is 20.4. The molecule has 0 spiro atoms. The van der Waals surface area contributed by atoms with E-state index in [2.05, 4.69) is 30.9 Å². The zero-order valence-electron chi connectivity index (χ0n) is 30.8. The molecular weight excluding hydrogens is 591 g/mol. The zero-order chi connectivity index (χ0) is 33.8. The van der Waals surface area contributed by atoms with Crippen LogP contribution in [-0.4, -0.2) is 36.4 Å². The first kappa shape index (κ1) is 44.7. The van der Waals surface area contributed by atoms with Crippen molar-refractivity contribution in [2.45, 2.75) is 219 Å². The number of aliphatic imine (C=N–C) groups is 1. The molecule has 0 rings (SSSR count). The number of carbonyl (C=O) groups is 2. The maximum Gasteiger partial charge on any atom is 0.305 e. The molecule has 0 radical (unpaired) electrons. The van der Waals surface area contributed by atoms with Gasteiger partial charge in [-0.3, -0.25) is 9.59 Å². The minimum absolute atomic E-state index is 0.0209. The number of hydrogen-bond donors (Lipinski definition) is 0. The van der Waals surface area contributed by atoms with Crippen LogP contribution >= 0.6 is 12.2 Å². The van der Waals surface area contributed by atoms with E-state index < -0.39 is 0 Å². The Hall–Kier alpha value is -1.26. The third kappa shape index (κ3) is 32.7. The van der Waals surface area contributed by atoms with Gasteiger partial charge in [-0.15, -0.1) is 0 Å². The number of isothiocyanates is 1. The Labute approximate surface area is 291 Å². The van der Waals surface area contributed by atoms with Crippen LogP contribution in [-0.2, 0) is 19.1 Å². The molecule has 0 amide bonds. The fourth-order valence-electron chi connectivity index (χ4n) is 6.24. The second-order valence-electron chi connectivity index (χ2n) is 13.7. The fraction of sp³-hybridized carbons (Fsp3) is 0.925. The highest BCUT2D eigenvalue weighted by atomic mass is 32.1. The van der Waals surface area contributed by atoms with Crippen LogP contribution in [0.25, 0.3) is 0 Å². The van der Waals surface area contributed by atoms with Crippen molar-refractivity contribution >= 4 is 29.3 Å². The molecule has 1 unspecified atom stereocenters. The lowest BCUT2D eigenvalue weighted by Crippen LogP contribution is -2.07. The van der Waals surface area contributed by atoms with Crippen LogP contribution in [0.1, 0.15) is 213 Å². The zero-order valence-corrected chi connectivity index (χ0v) is 31.6. The van der Waals surface area contributed by atoms with Gasteiger partial charge >= 0.3 is 11.9 Å². The Balaban J connectivity index is 3.66. The number of ether oxygens (including phenoxy) is 2. The lowest BCUT2D eigenvalue weighted by Gasteiger charge is -2.16. The summed E-state index contributed by atoms with van der Waals surface area (Å²) in [5, 5.41) is 2.61. The number of hydrogen-bond acceptors (Lipinski definition) is 6. The molecule has 0 aromatic carbocycles. The number of unbranched alkanes of at least 4 members (excludes halogenated alkanes) is 17. The summed E-state index contributed by atoms with van der Waals surface area (Å²) < 4.78 is 10.8. The van der Waals surface area contributed by atoms with E-state index in [9.17, 15) is 9.59 Å². The Morgan fingerprint density at radius 2 is 0.870 bits per heavy atom. The van der Waals surface area contributed by atoms with E-state index in [0.717, 1.165) is 70.1 Å². The standard InChI is InChI=1S/C40H75NO4S/c1-4-7-10-19-25-34-44-39(42)32-22-17-13-11-12-15-20-30-38(41-36-46)31-21-16-14-18-23-33-40(43)45-35-26-24-29-37(27-8-5-2)28-9-6-3/h37-38H,4-35H2,1-3H3. The summed E-state index contributed by atoms with van der Waals surface area (Å²) in [5.74, 6) is 0.816. The molecule has 0 N–H and O–H groups in total. The van der Waals surface area contributed by atoms with E-state index in [-0.39, 0.29) is 11.9 Å². The van der Waals surface area contributed by atoms with E-state index in [1.807, 2.05) is 0 Å². The fourth-order valence-corrected chi connectivity index (χ4v) is 6.39. The van der Waals surface area contributed by atoms with Gasteiger partial charge in [0, 0.05) is 12.8 Å². The highest BCUT2D eigenvalue weighted by Crippen LogP contribution is 2.22. The lowest BCUT2D eigenvalue weighted by atomic mass is 9.91. The number of carbonyl (C=O) groups excluding carboxylic acids is 2. The third-order valence-corrected chi connectivity index (χ3v) is 9.39. The maximum atomic E-state index is 12.1. The van der Waals surface area contributed by atoms with Crippen LogP contribution in [0.15, 0.2) is 4.99 Å². The minimum Gasteiger partial charge on any atom is -0.466 e. The van der Waals surface area contributed by atoms with Gasteiger partial charge in [0.1, 0.15) is 0 Å². The quantitative estimate of drug-likeness (QED) is 0.0288. The number of rotatable bonds is 36. The van der Waals surface area contributed by atoms with E-state index in [1.165, 1.54) is 116 Å². The largest absolute Gasteiger partial charge is 0.466 e. The number of nitrogens with zero attached hydrogens (tertiary/aromatic N) is 1. The molecule has 0 aliphatic heterocycles. The van der Waals surface area contributed by atoms with Gasteiger partial charge < -0.3 is 9.47 Å². The summed E-state index contributed by atoms with van der Waals surface area (Å²) in [5.41, 5.74) is 0. The lowest BCUT2D eigenvalue weighted by molar-refractivity contribution is -0.144. The smallest absolute Gasteiger partial charge is 0.305 e. The Kier molecular flexibility index (Phi) is 35.6. The molecule has 0 aromatic heterocycles. The van der Waals surface area contributed by atoms with Gasteiger partial charge in [0.15, 0.2) is 0 Å². The average molecular weight is 666 g/mol. The first-order valence-electron chi connectivity index (χ1n) is 19.9. The van der Waals surface area contributed by atoms with Gasteiger partial charge in [-0.2, -0.15) is 0 Å². The van der Waals surface area contributed by atoms with Crippen LogP contribution in [0.3, 0.4) is 0 Å². The monoisotopic (exact) mass is 666 g/mol. The maximum absolute atomic E-state index is 12.1. The summed E-state index contributed by atoms with van der Waals surface area (Å²) in [6.07, 6.45) is 34.4. The molecule has 1 atom stereocenters. The van der Waals surface area contributed by atoms with E-state index >= 15 is 0 Å². The summed E-state index contributed by atoms with van der Waals surface area (Å²) in [4.78, 5) is 28.4. The molecule has 0 bridgehead atoms. The molecule has 5 nitrogen and oxygen atoms in total. The summed E-state index contributed by atoms with van der Waals surface area (Å²) in [6, 6.07) is 0.304. The predicted octanol–water partition coefficient (Wildman–Crippen LogP) is 12.9. The van der Waals surface area contributed by atoms with E-state index in [0.29, 0.717) is 32.1 Å². The Bertz CT molecular complexity index is 716.